The van der Waals surface area contributed by atoms with Gasteiger partial charge in [-0.2, -0.15) is 13.2 Å². The molecule has 0 bridgehead atoms. The molecule has 0 spiro atoms. The van der Waals surface area contributed by atoms with Gasteiger partial charge in [0.2, 0.25) is 0 Å². The first-order valence-corrected chi connectivity index (χ1v) is 13.6. The highest BCUT2D eigenvalue weighted by Gasteiger charge is 2.65. The van der Waals surface area contributed by atoms with E-state index in [4.69, 9.17) is 0 Å². The summed E-state index contributed by atoms with van der Waals surface area (Å²) in [5.74, 6) is 4.32. The summed E-state index contributed by atoms with van der Waals surface area (Å²) in [7, 11) is 3.97. The lowest BCUT2D eigenvalue weighted by molar-refractivity contribution is -0.130. The molecular weight excluding hydrogens is 487 g/mol. The van der Waals surface area contributed by atoms with Crippen molar-refractivity contribution >= 4 is 17.3 Å². The highest BCUT2D eigenvalue weighted by molar-refractivity contribution is 5.93. The molecule has 1 aromatic carbocycles. The van der Waals surface area contributed by atoms with Crippen LogP contribution in [0.3, 0.4) is 0 Å². The molecule has 6 atom stereocenters. The number of halogens is 3. The van der Waals surface area contributed by atoms with Crippen molar-refractivity contribution in [1.82, 2.24) is 0 Å². The van der Waals surface area contributed by atoms with Crippen molar-refractivity contribution in [2.75, 3.05) is 19.0 Å². The summed E-state index contributed by atoms with van der Waals surface area (Å²) in [4.78, 5) is 27.7. The highest BCUT2D eigenvalue weighted by Crippen LogP contribution is 2.70. The van der Waals surface area contributed by atoms with Crippen LogP contribution >= 0.6 is 0 Å². The largest absolute Gasteiger partial charge is 0.457 e. The number of carbonyl (C=O) groups is 2. The van der Waals surface area contributed by atoms with E-state index in [0.717, 1.165) is 23.2 Å². The van der Waals surface area contributed by atoms with Crippen molar-refractivity contribution in [1.29, 1.82) is 0 Å². The number of ketones is 2. The molecule has 3 nitrogen and oxygen atoms in total. The maximum atomic E-state index is 13.3. The van der Waals surface area contributed by atoms with Crippen molar-refractivity contribution < 1.29 is 22.8 Å². The van der Waals surface area contributed by atoms with Crippen LogP contribution in [0.25, 0.3) is 0 Å². The van der Waals surface area contributed by atoms with Crippen LogP contribution in [0.15, 0.2) is 47.1 Å². The third kappa shape index (κ3) is 4.14. The van der Waals surface area contributed by atoms with Gasteiger partial charge in [0.05, 0.1) is 5.41 Å². The molecule has 38 heavy (non-hydrogen) atoms. The van der Waals surface area contributed by atoms with Gasteiger partial charge in [0.25, 0.3) is 0 Å². The van der Waals surface area contributed by atoms with Crippen LogP contribution in [0.2, 0.25) is 0 Å². The number of nitrogens with zero attached hydrogens (tertiary/aromatic N) is 1. The minimum atomic E-state index is -4.65. The highest BCUT2D eigenvalue weighted by atomic mass is 19.4. The maximum Gasteiger partial charge on any atom is 0.457 e. The smallest absolute Gasteiger partial charge is 0.378 e. The van der Waals surface area contributed by atoms with Gasteiger partial charge in [0.1, 0.15) is 5.78 Å². The van der Waals surface area contributed by atoms with Gasteiger partial charge in [-0.25, -0.2) is 0 Å². The Balaban J connectivity index is 1.72. The molecular formula is C32H36F3NO2. The van der Waals surface area contributed by atoms with Gasteiger partial charge >= 0.3 is 6.18 Å². The van der Waals surface area contributed by atoms with Crippen molar-refractivity contribution in [3.63, 3.8) is 0 Å². The van der Waals surface area contributed by atoms with E-state index in [1.54, 1.807) is 0 Å². The van der Waals surface area contributed by atoms with Crippen molar-refractivity contribution in [2.45, 2.75) is 71.4 Å². The van der Waals surface area contributed by atoms with Crippen LogP contribution in [0.5, 0.6) is 0 Å². The molecule has 0 aliphatic heterocycles. The van der Waals surface area contributed by atoms with Crippen LogP contribution in [-0.4, -0.2) is 31.8 Å². The number of hydrogen-bond donors (Lipinski definition) is 0. The Labute approximate surface area is 223 Å². The average Bonchev–Trinajstić information content (AvgIpc) is 3.15. The minimum Gasteiger partial charge on any atom is -0.378 e. The van der Waals surface area contributed by atoms with E-state index in [2.05, 4.69) is 37.1 Å². The number of Topliss-reactive ketones (excluding diaryl/α,β-unsaturated/α-hetero) is 1. The van der Waals surface area contributed by atoms with Gasteiger partial charge in [0.15, 0.2) is 5.78 Å². The van der Waals surface area contributed by atoms with Gasteiger partial charge in [0, 0.05) is 38.0 Å². The van der Waals surface area contributed by atoms with E-state index >= 15 is 0 Å². The molecule has 0 radical (unpaired) electrons. The predicted octanol–water partition coefficient (Wildman–Crippen LogP) is 7.04. The zero-order valence-electron chi connectivity index (χ0n) is 22.8. The number of allylic oxidation sites excluding steroid dienone is 4. The number of hydrogen-bond acceptors (Lipinski definition) is 3. The van der Waals surface area contributed by atoms with Gasteiger partial charge < -0.3 is 4.90 Å². The number of fused-ring (bicyclic) bond motifs is 4. The zero-order chi connectivity index (χ0) is 27.6. The summed E-state index contributed by atoms with van der Waals surface area (Å²) in [6.45, 7) is 5.61. The Morgan fingerprint density at radius 1 is 1.13 bits per heavy atom. The first-order chi connectivity index (χ1) is 17.8. The number of benzene rings is 1. The SMILES string of the molecule is CC(=O)[C@]1(C#CC(F)(F)F)CC[C@H]2[C@@H]3CC(C)C4=CC(=O)CCC4=C3[C@@H](c3ccc(N(C)C)cc3)C[C@@]21C. The molecule has 202 valence electrons. The average molecular weight is 524 g/mol. The summed E-state index contributed by atoms with van der Waals surface area (Å²) in [5.41, 5.74) is 3.93. The van der Waals surface area contributed by atoms with E-state index < -0.39 is 17.0 Å². The van der Waals surface area contributed by atoms with Crippen molar-refractivity contribution in [2.24, 2.45) is 28.6 Å². The summed E-state index contributed by atoms with van der Waals surface area (Å²) in [6, 6.07) is 8.39. The number of anilines is 1. The predicted molar refractivity (Wildman–Crippen MR) is 143 cm³/mol. The van der Waals surface area contributed by atoms with Crippen LogP contribution in [-0.2, 0) is 9.59 Å². The lowest BCUT2D eigenvalue weighted by Crippen LogP contribution is -2.50. The van der Waals surface area contributed by atoms with Crippen LogP contribution in [0, 0.1) is 40.4 Å². The van der Waals surface area contributed by atoms with E-state index in [0.29, 0.717) is 32.1 Å². The third-order valence-electron chi connectivity index (χ3n) is 10.1. The quantitative estimate of drug-likeness (QED) is 0.399. The lowest BCUT2D eigenvalue weighted by Gasteiger charge is -2.55. The topological polar surface area (TPSA) is 37.4 Å². The molecule has 4 aliphatic carbocycles. The molecule has 0 amide bonds. The molecule has 0 N–H and O–H groups in total. The van der Waals surface area contributed by atoms with E-state index in [-0.39, 0.29) is 35.2 Å². The van der Waals surface area contributed by atoms with Gasteiger partial charge in [-0.05, 0) is 97.1 Å². The third-order valence-corrected chi connectivity index (χ3v) is 10.1. The number of rotatable bonds is 3. The fourth-order valence-corrected chi connectivity index (χ4v) is 8.33. The number of alkyl halides is 3. The number of carbonyl (C=O) groups excluding carboxylic acids is 2. The zero-order valence-corrected chi connectivity index (χ0v) is 22.8. The first-order valence-electron chi connectivity index (χ1n) is 13.6. The van der Waals surface area contributed by atoms with Crippen LogP contribution < -0.4 is 4.90 Å². The van der Waals surface area contributed by atoms with Crippen LogP contribution in [0.4, 0.5) is 18.9 Å². The maximum absolute atomic E-state index is 13.3. The normalized spacial score (nSPS) is 34.4. The second-order valence-electron chi connectivity index (χ2n) is 12.3. The van der Waals surface area contributed by atoms with Crippen molar-refractivity contribution in [3.05, 3.63) is 52.6 Å². The second-order valence-corrected chi connectivity index (χ2v) is 12.3. The molecule has 1 unspecified atom stereocenters. The lowest BCUT2D eigenvalue weighted by atomic mass is 9.47. The molecule has 5 rings (SSSR count). The Morgan fingerprint density at radius 3 is 2.42 bits per heavy atom. The minimum absolute atomic E-state index is 0.0407. The van der Waals surface area contributed by atoms with Crippen LogP contribution in [0.1, 0.15) is 70.8 Å². The van der Waals surface area contributed by atoms with E-state index in [1.807, 2.05) is 32.0 Å². The first kappa shape index (κ1) is 26.8. The second kappa shape index (κ2) is 9.14. The summed E-state index contributed by atoms with van der Waals surface area (Å²) in [5, 5.41) is 0. The van der Waals surface area contributed by atoms with Gasteiger partial charge in [-0.1, -0.05) is 37.5 Å². The summed E-state index contributed by atoms with van der Waals surface area (Å²) >= 11 is 0. The Morgan fingerprint density at radius 2 is 1.82 bits per heavy atom. The van der Waals surface area contributed by atoms with Crippen molar-refractivity contribution in [3.8, 4) is 11.8 Å². The molecule has 0 heterocycles. The molecule has 2 fully saturated rings. The van der Waals surface area contributed by atoms with Gasteiger partial charge in [-0.3, -0.25) is 9.59 Å². The fraction of sp³-hybridized carbons (Fsp3) is 0.562. The molecule has 2 saturated carbocycles. The molecule has 0 saturated heterocycles. The summed E-state index contributed by atoms with van der Waals surface area (Å²) in [6.07, 6.45) is 0.826. The van der Waals surface area contributed by atoms with Gasteiger partial charge in [-0.15, -0.1) is 0 Å². The fourth-order valence-electron chi connectivity index (χ4n) is 8.33. The Bertz CT molecular complexity index is 1290. The standard InChI is InChI=1S/C32H36F3NO2/c1-19-16-26-28-12-13-31(20(2)37,14-15-32(33,34)35)30(28,3)18-27(21-6-8-22(9-7-21)36(4)5)29(26)24-11-10-23(38)17-25(19)24/h6-9,17,19,26-28H,10-13,16,18H2,1-5H3/t19?,26-,27+,28-,30-,31+/m0/s1. The Kier molecular flexibility index (Phi) is 6.44. The molecule has 0 aromatic heterocycles. The van der Waals surface area contributed by atoms with E-state index in [1.165, 1.54) is 24.0 Å². The van der Waals surface area contributed by atoms with E-state index in [9.17, 15) is 22.8 Å². The Hall–Kier alpha value is -2.81. The monoisotopic (exact) mass is 523 g/mol. The molecule has 1 aromatic rings. The molecule has 4 aliphatic rings. The summed E-state index contributed by atoms with van der Waals surface area (Å²) < 4.78 is 40.0. The molecule has 6 heteroatoms.